The summed E-state index contributed by atoms with van der Waals surface area (Å²) in [7, 11) is 0. The lowest BCUT2D eigenvalue weighted by Gasteiger charge is -2.18. The highest BCUT2D eigenvalue weighted by molar-refractivity contribution is 5.71. The molecule has 78 heavy (non-hydrogen) atoms. The molecule has 0 aliphatic rings. The van der Waals surface area contributed by atoms with Crippen LogP contribution in [-0.2, 0) is 28.6 Å². The van der Waals surface area contributed by atoms with Crippen molar-refractivity contribution in [2.24, 2.45) is 0 Å². The van der Waals surface area contributed by atoms with E-state index < -0.39 is 6.10 Å². The maximum absolute atomic E-state index is 12.9. The number of rotatable bonds is 68. The van der Waals surface area contributed by atoms with E-state index in [-0.39, 0.29) is 31.1 Å². The highest BCUT2D eigenvalue weighted by atomic mass is 16.6. The molecule has 1 unspecified atom stereocenters. The molecular formula is C72H140O6. The third-order valence-electron chi connectivity index (χ3n) is 16.9. The molecule has 0 aromatic carbocycles. The van der Waals surface area contributed by atoms with E-state index in [0.717, 1.165) is 57.8 Å². The van der Waals surface area contributed by atoms with Gasteiger partial charge in [-0.25, -0.2) is 0 Å². The molecule has 464 valence electrons. The van der Waals surface area contributed by atoms with E-state index in [1.54, 1.807) is 0 Å². The van der Waals surface area contributed by atoms with Crippen LogP contribution in [-0.4, -0.2) is 37.2 Å². The fraction of sp³-hybridized carbons (Fsp3) is 0.958. The monoisotopic (exact) mass is 1100 g/mol. The van der Waals surface area contributed by atoms with Gasteiger partial charge >= 0.3 is 17.9 Å². The van der Waals surface area contributed by atoms with Crippen molar-refractivity contribution in [2.45, 2.75) is 431 Å². The summed E-state index contributed by atoms with van der Waals surface area (Å²) in [5.41, 5.74) is 0. The van der Waals surface area contributed by atoms with Crippen molar-refractivity contribution < 1.29 is 28.6 Å². The summed E-state index contributed by atoms with van der Waals surface area (Å²) in [6.45, 7) is 6.72. The van der Waals surface area contributed by atoms with Gasteiger partial charge in [-0.3, -0.25) is 14.4 Å². The second kappa shape index (κ2) is 67.9. The largest absolute Gasteiger partial charge is 0.462 e. The van der Waals surface area contributed by atoms with Crippen LogP contribution in [0.5, 0.6) is 0 Å². The molecule has 0 rings (SSSR count). The van der Waals surface area contributed by atoms with Crippen molar-refractivity contribution in [3.8, 4) is 0 Å². The van der Waals surface area contributed by atoms with Crippen LogP contribution in [0.2, 0.25) is 0 Å². The second-order valence-corrected chi connectivity index (χ2v) is 24.9. The van der Waals surface area contributed by atoms with E-state index in [9.17, 15) is 14.4 Å². The predicted octanol–water partition coefficient (Wildman–Crippen LogP) is 24.6. The molecule has 6 nitrogen and oxygen atoms in total. The zero-order chi connectivity index (χ0) is 56.4. The molecule has 0 saturated heterocycles. The van der Waals surface area contributed by atoms with Crippen LogP contribution >= 0.6 is 0 Å². The SMILES string of the molecule is CCCCCCCCCCCCCCCCCCCCCCCCCCCCCCCCCCCCCC(=O)OCC(COC(=O)CCCCCCCCCCCCCC)OC(=O)CCCCCCCCCCCCCCC. The Balaban J connectivity index is 3.95. The van der Waals surface area contributed by atoms with Gasteiger partial charge in [-0.05, 0) is 19.3 Å². The van der Waals surface area contributed by atoms with Gasteiger partial charge in [-0.2, -0.15) is 0 Å². The number of hydrogen-bond acceptors (Lipinski definition) is 6. The Morgan fingerprint density at radius 3 is 0.513 bits per heavy atom. The molecule has 6 heteroatoms. The van der Waals surface area contributed by atoms with Crippen molar-refractivity contribution in [1.29, 1.82) is 0 Å². The van der Waals surface area contributed by atoms with E-state index in [1.165, 1.54) is 327 Å². The molecule has 0 saturated carbocycles. The third kappa shape index (κ3) is 65.2. The Labute approximate surface area is 488 Å². The van der Waals surface area contributed by atoms with Crippen LogP contribution in [0.3, 0.4) is 0 Å². The predicted molar refractivity (Wildman–Crippen MR) is 340 cm³/mol. The smallest absolute Gasteiger partial charge is 0.306 e. The summed E-state index contributed by atoms with van der Waals surface area (Å²) >= 11 is 0. The molecule has 0 aliphatic carbocycles. The topological polar surface area (TPSA) is 78.9 Å². The molecule has 0 aromatic heterocycles. The van der Waals surface area contributed by atoms with E-state index in [2.05, 4.69) is 20.8 Å². The Hall–Kier alpha value is -1.59. The number of esters is 3. The quantitative estimate of drug-likeness (QED) is 0.0343. The highest BCUT2D eigenvalue weighted by Crippen LogP contribution is 2.20. The molecule has 0 heterocycles. The molecule has 0 spiro atoms. The Bertz CT molecular complexity index is 1170. The Morgan fingerprint density at radius 2 is 0.346 bits per heavy atom. The third-order valence-corrected chi connectivity index (χ3v) is 16.9. The zero-order valence-electron chi connectivity index (χ0n) is 53.5. The van der Waals surface area contributed by atoms with Gasteiger partial charge in [0.1, 0.15) is 13.2 Å². The van der Waals surface area contributed by atoms with Gasteiger partial charge in [0.25, 0.3) is 0 Å². The average Bonchev–Trinajstić information content (AvgIpc) is 3.44. The summed E-state index contributed by atoms with van der Waals surface area (Å²) < 4.78 is 16.9. The summed E-state index contributed by atoms with van der Waals surface area (Å²) in [5.74, 6) is -0.827. The summed E-state index contributed by atoms with van der Waals surface area (Å²) in [4.78, 5) is 38.3. The highest BCUT2D eigenvalue weighted by Gasteiger charge is 2.20. The lowest BCUT2D eigenvalue weighted by Crippen LogP contribution is -2.30. The van der Waals surface area contributed by atoms with Crippen molar-refractivity contribution in [3.63, 3.8) is 0 Å². The van der Waals surface area contributed by atoms with Gasteiger partial charge in [0, 0.05) is 19.3 Å². The first kappa shape index (κ1) is 76.4. The second-order valence-electron chi connectivity index (χ2n) is 24.9. The van der Waals surface area contributed by atoms with Gasteiger partial charge in [-0.15, -0.1) is 0 Å². The number of hydrogen-bond donors (Lipinski definition) is 0. The van der Waals surface area contributed by atoms with Gasteiger partial charge in [0.05, 0.1) is 0 Å². The first-order valence-corrected chi connectivity index (χ1v) is 36.0. The molecule has 0 radical (unpaired) electrons. The number of unbranched alkanes of at least 4 members (excludes halogenated alkanes) is 57. The van der Waals surface area contributed by atoms with E-state index >= 15 is 0 Å². The van der Waals surface area contributed by atoms with Gasteiger partial charge in [0.2, 0.25) is 0 Å². The van der Waals surface area contributed by atoms with Gasteiger partial charge in [0.15, 0.2) is 6.10 Å². The first-order valence-electron chi connectivity index (χ1n) is 36.0. The van der Waals surface area contributed by atoms with Gasteiger partial charge < -0.3 is 14.2 Å². The normalized spacial score (nSPS) is 11.9. The molecule has 0 amide bonds. The molecule has 0 fully saturated rings. The maximum atomic E-state index is 12.9. The van der Waals surface area contributed by atoms with E-state index in [4.69, 9.17) is 14.2 Å². The van der Waals surface area contributed by atoms with Crippen molar-refractivity contribution in [3.05, 3.63) is 0 Å². The summed E-state index contributed by atoms with van der Waals surface area (Å²) in [5, 5.41) is 0. The molecule has 0 N–H and O–H groups in total. The average molecular weight is 1100 g/mol. The molecule has 0 aliphatic heterocycles. The first-order chi connectivity index (χ1) is 38.5. The van der Waals surface area contributed by atoms with E-state index in [1.807, 2.05) is 0 Å². The van der Waals surface area contributed by atoms with Crippen LogP contribution in [0.1, 0.15) is 425 Å². The maximum Gasteiger partial charge on any atom is 0.306 e. The van der Waals surface area contributed by atoms with Crippen LogP contribution in [0, 0.1) is 0 Å². The Morgan fingerprint density at radius 1 is 0.205 bits per heavy atom. The molecule has 0 bridgehead atoms. The molecule has 0 aromatic rings. The van der Waals surface area contributed by atoms with Gasteiger partial charge in [-0.1, -0.05) is 387 Å². The summed E-state index contributed by atoms with van der Waals surface area (Å²) in [6, 6.07) is 0. The molecule has 1 atom stereocenters. The van der Waals surface area contributed by atoms with Crippen molar-refractivity contribution in [2.75, 3.05) is 13.2 Å². The van der Waals surface area contributed by atoms with E-state index in [0.29, 0.717) is 19.3 Å². The fourth-order valence-electron chi connectivity index (χ4n) is 11.5. The zero-order valence-corrected chi connectivity index (χ0v) is 53.5. The standard InChI is InChI=1S/C72H140O6/c1-4-7-10-13-16-19-22-25-26-27-28-29-30-31-32-33-34-35-36-37-38-39-40-41-42-43-44-45-46-48-50-53-56-59-62-65-71(74)77-68-69(67-76-70(73)64-61-58-55-52-49-24-21-18-15-12-9-6-3)78-72(75)66-63-60-57-54-51-47-23-20-17-14-11-8-5-2/h69H,4-68H2,1-3H3. The van der Waals surface area contributed by atoms with Crippen LogP contribution in [0.15, 0.2) is 0 Å². The van der Waals surface area contributed by atoms with Crippen molar-refractivity contribution >= 4 is 17.9 Å². The fourth-order valence-corrected chi connectivity index (χ4v) is 11.5. The minimum atomic E-state index is -0.762. The minimum Gasteiger partial charge on any atom is -0.462 e. The lowest BCUT2D eigenvalue weighted by atomic mass is 10.0. The number of carbonyl (C=O) groups is 3. The van der Waals surface area contributed by atoms with Crippen LogP contribution in [0.4, 0.5) is 0 Å². The van der Waals surface area contributed by atoms with Crippen LogP contribution in [0.25, 0.3) is 0 Å². The van der Waals surface area contributed by atoms with Crippen LogP contribution < -0.4 is 0 Å². The van der Waals surface area contributed by atoms with Crippen molar-refractivity contribution in [1.82, 2.24) is 0 Å². The number of carbonyl (C=O) groups excluding carboxylic acids is 3. The lowest BCUT2D eigenvalue weighted by molar-refractivity contribution is -0.167. The molecular weight excluding hydrogens is 961 g/mol. The minimum absolute atomic E-state index is 0.0608. The Kier molecular flexibility index (Phi) is 66.5. The number of ether oxygens (including phenoxy) is 3. The summed E-state index contributed by atoms with van der Waals surface area (Å²) in [6.07, 6.45) is 80.3.